The van der Waals surface area contributed by atoms with Gasteiger partial charge in [-0.1, -0.05) is 6.58 Å². The lowest BCUT2D eigenvalue weighted by Gasteiger charge is -2.19. The molecule has 9 nitrogen and oxygen atoms in total. The molecule has 1 saturated heterocycles. The van der Waals surface area contributed by atoms with Gasteiger partial charge < -0.3 is 24.8 Å². The molecule has 3 heterocycles. The van der Waals surface area contributed by atoms with Crippen LogP contribution in [0.5, 0.6) is 11.5 Å². The first-order chi connectivity index (χ1) is 15.9. The highest BCUT2D eigenvalue weighted by molar-refractivity contribution is 5.87. The van der Waals surface area contributed by atoms with Gasteiger partial charge in [0.15, 0.2) is 23.1 Å². The Kier molecular flexibility index (Phi) is 6.31. The van der Waals surface area contributed by atoms with Crippen LogP contribution in [0.15, 0.2) is 37.2 Å². The maximum absolute atomic E-state index is 14.8. The minimum atomic E-state index is -0.893. The first-order valence-corrected chi connectivity index (χ1v) is 9.95. The Morgan fingerprint density at radius 1 is 1.12 bits per heavy atom. The number of anilines is 1. The van der Waals surface area contributed by atoms with E-state index in [1.165, 1.54) is 38.8 Å². The summed E-state index contributed by atoms with van der Waals surface area (Å²) in [7, 11) is 2.55. The Morgan fingerprint density at radius 3 is 2.48 bits per heavy atom. The number of hydrogen-bond donors (Lipinski definition) is 2. The second kappa shape index (κ2) is 9.33. The zero-order valence-electron chi connectivity index (χ0n) is 17.9. The van der Waals surface area contributed by atoms with Crippen LogP contribution in [-0.2, 0) is 9.53 Å². The average molecular weight is 457 g/mol. The van der Waals surface area contributed by atoms with Gasteiger partial charge in [0.1, 0.15) is 0 Å². The van der Waals surface area contributed by atoms with Gasteiger partial charge in [0.25, 0.3) is 0 Å². The van der Waals surface area contributed by atoms with Crippen molar-refractivity contribution in [1.29, 1.82) is 0 Å². The summed E-state index contributed by atoms with van der Waals surface area (Å²) < 4.78 is 45.1. The number of fused-ring (bicyclic) bond motifs is 1. The molecule has 0 aliphatic carbocycles. The van der Waals surface area contributed by atoms with Crippen LogP contribution < -0.4 is 20.1 Å². The van der Waals surface area contributed by atoms with Crippen LogP contribution in [0.4, 0.5) is 14.7 Å². The monoisotopic (exact) mass is 457 g/mol. The molecule has 1 aromatic carbocycles. The van der Waals surface area contributed by atoms with Gasteiger partial charge in [0.2, 0.25) is 11.9 Å². The molecule has 1 aliphatic rings. The standard InChI is InChI=1S/C22H21F2N5O4/c1-4-18(30)27-14-9-33-10-15(14)29-22-26-7-11-5-12(25-8-13(11)28-22)19-20(23)16(31-2)6-17(32-3)21(19)24/h4-8,14-15H,1,9-10H2,2-3H3,(H,27,30)(H,26,28,29)/t14-,15+/m0/s1. The molecule has 4 rings (SSSR count). The number of carbonyl (C=O) groups is 1. The summed E-state index contributed by atoms with van der Waals surface area (Å²) >= 11 is 0. The van der Waals surface area contributed by atoms with E-state index in [9.17, 15) is 13.6 Å². The fourth-order valence-corrected chi connectivity index (χ4v) is 3.50. The molecule has 2 N–H and O–H groups in total. The van der Waals surface area contributed by atoms with Crippen LogP contribution in [0.25, 0.3) is 22.2 Å². The topological polar surface area (TPSA) is 107 Å². The maximum Gasteiger partial charge on any atom is 0.243 e. The van der Waals surface area contributed by atoms with Crippen molar-refractivity contribution in [1.82, 2.24) is 20.3 Å². The number of halogens is 2. The highest BCUT2D eigenvalue weighted by atomic mass is 19.1. The van der Waals surface area contributed by atoms with E-state index in [0.29, 0.717) is 30.1 Å². The van der Waals surface area contributed by atoms with E-state index < -0.39 is 11.6 Å². The molecule has 0 unspecified atom stereocenters. The van der Waals surface area contributed by atoms with Gasteiger partial charge in [-0.3, -0.25) is 9.78 Å². The van der Waals surface area contributed by atoms with Gasteiger partial charge in [-0.15, -0.1) is 0 Å². The highest BCUT2D eigenvalue weighted by Gasteiger charge is 2.30. The number of amides is 1. The molecular weight excluding hydrogens is 436 g/mol. The van der Waals surface area contributed by atoms with Crippen LogP contribution in [0.2, 0.25) is 0 Å². The van der Waals surface area contributed by atoms with Crippen LogP contribution in [-0.4, -0.2) is 60.4 Å². The molecule has 33 heavy (non-hydrogen) atoms. The molecule has 1 amide bonds. The van der Waals surface area contributed by atoms with Gasteiger partial charge >= 0.3 is 0 Å². The molecule has 172 valence electrons. The molecule has 2 atom stereocenters. The third-order valence-corrected chi connectivity index (χ3v) is 5.20. The van der Waals surface area contributed by atoms with Crippen molar-refractivity contribution in [3.8, 4) is 22.8 Å². The van der Waals surface area contributed by atoms with Crippen molar-refractivity contribution in [2.75, 3.05) is 32.8 Å². The third-order valence-electron chi connectivity index (χ3n) is 5.20. The SMILES string of the molecule is C=CC(=O)N[C@H]1COC[C@H]1Nc1ncc2cc(-c3c(F)c(OC)cc(OC)c3F)ncc2n1. The average Bonchev–Trinajstić information content (AvgIpc) is 3.25. The Hall–Kier alpha value is -3.86. The number of carbonyl (C=O) groups excluding carboxylic acids is 1. The minimum Gasteiger partial charge on any atom is -0.494 e. The van der Waals surface area contributed by atoms with E-state index in [0.717, 1.165) is 6.07 Å². The Balaban J connectivity index is 1.63. The van der Waals surface area contributed by atoms with Crippen LogP contribution >= 0.6 is 0 Å². The normalized spacial score (nSPS) is 17.6. The summed E-state index contributed by atoms with van der Waals surface area (Å²) in [5.74, 6) is -2.13. The lowest BCUT2D eigenvalue weighted by molar-refractivity contribution is -0.117. The fraction of sp³-hybridized carbons (Fsp3) is 0.273. The summed E-state index contributed by atoms with van der Waals surface area (Å²) in [5, 5.41) is 6.44. The van der Waals surface area contributed by atoms with Crippen molar-refractivity contribution >= 4 is 22.8 Å². The predicted molar refractivity (Wildman–Crippen MR) is 116 cm³/mol. The Bertz CT molecular complexity index is 1190. The molecule has 11 heteroatoms. The van der Waals surface area contributed by atoms with E-state index in [1.54, 1.807) is 0 Å². The van der Waals surface area contributed by atoms with E-state index in [4.69, 9.17) is 14.2 Å². The molecular formula is C22H21F2N5O4. The second-order valence-electron chi connectivity index (χ2n) is 7.21. The molecule has 0 bridgehead atoms. The van der Waals surface area contributed by atoms with E-state index in [1.807, 2.05) is 0 Å². The maximum atomic E-state index is 14.8. The first-order valence-electron chi connectivity index (χ1n) is 9.95. The largest absolute Gasteiger partial charge is 0.494 e. The van der Waals surface area contributed by atoms with E-state index in [-0.39, 0.29) is 40.7 Å². The predicted octanol–water partition coefficient (Wildman–Crippen LogP) is 2.47. The number of hydrogen-bond acceptors (Lipinski definition) is 8. The summed E-state index contributed by atoms with van der Waals surface area (Å²) in [6, 6.07) is 2.09. The number of nitrogens with one attached hydrogen (secondary N) is 2. The van der Waals surface area contributed by atoms with Crippen molar-refractivity contribution in [2.45, 2.75) is 12.1 Å². The number of benzene rings is 1. The Morgan fingerprint density at radius 2 is 1.82 bits per heavy atom. The minimum absolute atomic E-state index is 0.0374. The van der Waals surface area contributed by atoms with Crippen LogP contribution in [0.3, 0.4) is 0 Å². The van der Waals surface area contributed by atoms with Gasteiger partial charge in [0, 0.05) is 17.6 Å². The van der Waals surface area contributed by atoms with Crippen LogP contribution in [0.1, 0.15) is 0 Å². The number of pyridine rings is 1. The van der Waals surface area contributed by atoms with E-state index >= 15 is 0 Å². The number of ether oxygens (including phenoxy) is 3. The summed E-state index contributed by atoms with van der Waals surface area (Å²) in [4.78, 5) is 24.5. The zero-order chi connectivity index (χ0) is 23.5. The summed E-state index contributed by atoms with van der Waals surface area (Å²) in [6.07, 6.45) is 4.09. The van der Waals surface area contributed by atoms with Gasteiger partial charge in [-0.25, -0.2) is 18.7 Å². The Labute approximate surface area is 187 Å². The summed E-state index contributed by atoms with van der Waals surface area (Å²) in [5.41, 5.74) is 0.118. The smallest absolute Gasteiger partial charge is 0.243 e. The molecule has 2 aromatic heterocycles. The lowest BCUT2D eigenvalue weighted by atomic mass is 10.1. The molecule has 0 saturated carbocycles. The fourth-order valence-electron chi connectivity index (χ4n) is 3.50. The zero-order valence-corrected chi connectivity index (χ0v) is 17.9. The van der Waals surface area contributed by atoms with Gasteiger partial charge in [0.05, 0.1) is 62.5 Å². The number of rotatable bonds is 7. The third kappa shape index (κ3) is 4.40. The molecule has 1 aliphatic heterocycles. The van der Waals surface area contributed by atoms with Gasteiger partial charge in [-0.05, 0) is 12.1 Å². The molecule has 0 spiro atoms. The molecule has 1 fully saturated rings. The van der Waals surface area contributed by atoms with E-state index in [2.05, 4.69) is 32.2 Å². The van der Waals surface area contributed by atoms with Crippen molar-refractivity contribution < 1.29 is 27.8 Å². The lowest BCUT2D eigenvalue weighted by Crippen LogP contribution is -2.45. The van der Waals surface area contributed by atoms with Crippen molar-refractivity contribution in [2.24, 2.45) is 0 Å². The highest BCUT2D eigenvalue weighted by Crippen LogP contribution is 2.37. The van der Waals surface area contributed by atoms with Crippen molar-refractivity contribution in [3.63, 3.8) is 0 Å². The summed E-state index contributed by atoms with van der Waals surface area (Å²) in [6.45, 7) is 4.14. The van der Waals surface area contributed by atoms with Crippen LogP contribution in [0, 0.1) is 11.6 Å². The van der Waals surface area contributed by atoms with Crippen molar-refractivity contribution in [3.05, 3.63) is 48.8 Å². The van der Waals surface area contributed by atoms with Gasteiger partial charge in [-0.2, -0.15) is 0 Å². The number of nitrogens with zero attached hydrogens (tertiary/aromatic N) is 3. The number of methoxy groups -OCH3 is 2. The quantitative estimate of drug-likeness (QED) is 0.521. The molecule has 0 radical (unpaired) electrons. The number of aromatic nitrogens is 3. The molecule has 3 aromatic rings. The second-order valence-corrected chi connectivity index (χ2v) is 7.21. The first kappa shape index (κ1) is 22.3.